The average molecular weight is 412 g/mol. The molecule has 0 fully saturated rings. The van der Waals surface area contributed by atoms with Gasteiger partial charge in [0, 0.05) is 19.8 Å². The van der Waals surface area contributed by atoms with Crippen molar-refractivity contribution in [3.63, 3.8) is 0 Å². The number of benzene rings is 2. The van der Waals surface area contributed by atoms with Gasteiger partial charge in [0.25, 0.3) is 0 Å². The van der Waals surface area contributed by atoms with E-state index in [2.05, 4.69) is 9.61 Å². The molecule has 0 aliphatic carbocycles. The van der Waals surface area contributed by atoms with Crippen molar-refractivity contribution in [1.29, 1.82) is 0 Å². The molecule has 0 amide bonds. The largest absolute Gasteiger partial charge is 0.375 e. The quantitative estimate of drug-likeness (QED) is 0.286. The Hall–Kier alpha value is -1.70. The fourth-order valence-electron chi connectivity index (χ4n) is 2.11. The number of halogens is 2. The molecule has 3 rings (SSSR count). The van der Waals surface area contributed by atoms with E-state index in [0.717, 1.165) is 15.3 Å². The van der Waals surface area contributed by atoms with Crippen LogP contribution in [-0.2, 0) is 4.89 Å². The van der Waals surface area contributed by atoms with Crippen molar-refractivity contribution < 1.29 is 14.9 Å². The van der Waals surface area contributed by atoms with Gasteiger partial charge in [-0.05, 0) is 41.8 Å². The summed E-state index contributed by atoms with van der Waals surface area (Å²) in [6.45, 7) is 0. The van der Waals surface area contributed by atoms with Crippen molar-refractivity contribution in [3.8, 4) is 10.4 Å². The van der Waals surface area contributed by atoms with E-state index in [-0.39, 0.29) is 5.56 Å². The Morgan fingerprint density at radius 1 is 1.08 bits per heavy atom. The average Bonchev–Trinajstić information content (AvgIpc) is 3.03. The van der Waals surface area contributed by atoms with Gasteiger partial charge in [-0.25, -0.2) is 4.79 Å². The molecule has 3 aromatic rings. The molecule has 1 heterocycles. The highest BCUT2D eigenvalue weighted by atomic mass is 35.5. The summed E-state index contributed by atoms with van der Waals surface area (Å²) < 4.78 is 3.10. The molecule has 1 aromatic heterocycles. The minimum Gasteiger partial charge on any atom is -0.317 e. The van der Waals surface area contributed by atoms with E-state index in [1.165, 1.54) is 23.3 Å². The molecule has 25 heavy (non-hydrogen) atoms. The van der Waals surface area contributed by atoms with Crippen LogP contribution in [0.3, 0.4) is 0 Å². The molecular weight excluding hydrogens is 401 g/mol. The van der Waals surface area contributed by atoms with Crippen LogP contribution in [0.15, 0.2) is 59.5 Å². The Balaban J connectivity index is 1.88. The molecule has 2 aromatic carbocycles. The van der Waals surface area contributed by atoms with Crippen LogP contribution in [-0.4, -0.2) is 11.2 Å². The molecule has 0 aliphatic heterocycles. The van der Waals surface area contributed by atoms with Crippen LogP contribution in [0, 0.1) is 0 Å². The SMILES string of the molecule is O=C(OO)c1cc(-c2ccccc2)sc1NSc1cc(Cl)cc(Cl)c1. The first-order valence-corrected chi connectivity index (χ1v) is 9.39. The minimum atomic E-state index is -0.828. The van der Waals surface area contributed by atoms with Gasteiger partial charge in [-0.15, -0.1) is 11.3 Å². The predicted molar refractivity (Wildman–Crippen MR) is 104 cm³/mol. The standard InChI is InChI=1S/C17H11Cl2NO3S2/c18-11-6-12(19)8-13(7-11)25-20-16-14(17(21)23-22)9-15(24-16)10-4-2-1-3-5-10/h1-9,20,22H. The van der Waals surface area contributed by atoms with Crippen molar-refractivity contribution in [2.24, 2.45) is 0 Å². The van der Waals surface area contributed by atoms with E-state index >= 15 is 0 Å². The molecule has 0 spiro atoms. The van der Waals surface area contributed by atoms with Gasteiger partial charge in [-0.1, -0.05) is 53.5 Å². The molecular formula is C17H11Cl2NO3S2. The maximum absolute atomic E-state index is 11.8. The topological polar surface area (TPSA) is 58.6 Å². The summed E-state index contributed by atoms with van der Waals surface area (Å²) in [6.07, 6.45) is 0. The fourth-order valence-corrected chi connectivity index (χ4v) is 4.65. The predicted octanol–water partition coefficient (Wildman–Crippen LogP) is 6.47. The van der Waals surface area contributed by atoms with Gasteiger partial charge in [-0.3, -0.25) is 4.89 Å². The number of nitrogens with one attached hydrogen (secondary N) is 1. The number of rotatable bonds is 5. The summed E-state index contributed by atoms with van der Waals surface area (Å²) in [6, 6.07) is 16.4. The second-order valence-corrected chi connectivity index (χ2v) is 7.71. The molecule has 0 saturated carbocycles. The summed E-state index contributed by atoms with van der Waals surface area (Å²) in [5.74, 6) is -0.828. The van der Waals surface area contributed by atoms with Gasteiger partial charge in [-0.2, -0.15) is 5.26 Å². The molecule has 0 aliphatic rings. The van der Waals surface area contributed by atoms with Crippen molar-refractivity contribution in [2.45, 2.75) is 4.90 Å². The second-order valence-electron chi connectivity index (χ2n) is 4.91. The molecule has 2 N–H and O–H groups in total. The van der Waals surface area contributed by atoms with Gasteiger partial charge < -0.3 is 4.72 Å². The lowest BCUT2D eigenvalue weighted by Crippen LogP contribution is -2.02. The summed E-state index contributed by atoms with van der Waals surface area (Å²) in [5.41, 5.74) is 1.20. The molecule has 0 unspecified atom stereocenters. The van der Waals surface area contributed by atoms with Gasteiger partial charge in [0.2, 0.25) is 0 Å². The summed E-state index contributed by atoms with van der Waals surface area (Å²) >= 11 is 14.6. The number of carbonyl (C=O) groups excluding carboxylic acids is 1. The highest BCUT2D eigenvalue weighted by molar-refractivity contribution is 8.00. The van der Waals surface area contributed by atoms with Crippen molar-refractivity contribution in [3.05, 3.63) is 70.2 Å². The van der Waals surface area contributed by atoms with Crippen LogP contribution in [0.2, 0.25) is 10.0 Å². The van der Waals surface area contributed by atoms with Crippen LogP contribution in [0.5, 0.6) is 0 Å². The zero-order chi connectivity index (χ0) is 17.8. The Morgan fingerprint density at radius 2 is 1.76 bits per heavy atom. The third-order valence-corrected chi connectivity index (χ3v) is 5.63. The van der Waals surface area contributed by atoms with Gasteiger partial charge in [0.05, 0.1) is 5.56 Å². The number of hydrogen-bond acceptors (Lipinski definition) is 6. The number of hydrogen-bond donors (Lipinski definition) is 2. The molecule has 0 saturated heterocycles. The Kier molecular flexibility index (Phi) is 5.88. The number of carbonyl (C=O) groups is 1. The van der Waals surface area contributed by atoms with Crippen LogP contribution < -0.4 is 4.72 Å². The maximum Gasteiger partial charge on any atom is 0.375 e. The normalized spacial score (nSPS) is 10.5. The second kappa shape index (κ2) is 8.12. The minimum absolute atomic E-state index is 0.243. The molecule has 4 nitrogen and oxygen atoms in total. The Bertz CT molecular complexity index is 880. The van der Waals surface area contributed by atoms with E-state index in [1.54, 1.807) is 24.3 Å². The monoisotopic (exact) mass is 411 g/mol. The van der Waals surface area contributed by atoms with Gasteiger partial charge in [0.15, 0.2) is 0 Å². The first-order chi connectivity index (χ1) is 12.1. The van der Waals surface area contributed by atoms with Crippen molar-refractivity contribution in [1.82, 2.24) is 0 Å². The lowest BCUT2D eigenvalue weighted by atomic mass is 10.1. The summed E-state index contributed by atoms with van der Waals surface area (Å²) in [7, 11) is 0. The zero-order valence-electron chi connectivity index (χ0n) is 12.5. The smallest absolute Gasteiger partial charge is 0.317 e. The van der Waals surface area contributed by atoms with Gasteiger partial charge >= 0.3 is 5.97 Å². The number of thiophene rings is 1. The fraction of sp³-hybridized carbons (Fsp3) is 0. The maximum atomic E-state index is 11.8. The molecule has 0 atom stereocenters. The molecule has 0 bridgehead atoms. The van der Waals surface area contributed by atoms with Crippen molar-refractivity contribution >= 4 is 57.5 Å². The first kappa shape index (κ1) is 18.1. The summed E-state index contributed by atoms with van der Waals surface area (Å²) in [4.78, 5) is 17.4. The van der Waals surface area contributed by atoms with Crippen LogP contribution in [0.25, 0.3) is 10.4 Å². The lowest BCUT2D eigenvalue weighted by Gasteiger charge is -2.06. The molecule has 0 radical (unpaired) electrons. The molecule has 8 heteroatoms. The van der Waals surface area contributed by atoms with Crippen molar-refractivity contribution in [2.75, 3.05) is 4.72 Å². The highest BCUT2D eigenvalue weighted by Crippen LogP contribution is 2.38. The summed E-state index contributed by atoms with van der Waals surface area (Å²) in [5, 5.41) is 10.3. The number of anilines is 1. The third kappa shape index (κ3) is 4.48. The lowest BCUT2D eigenvalue weighted by molar-refractivity contribution is -0.182. The highest BCUT2D eigenvalue weighted by Gasteiger charge is 2.19. The Labute approximate surface area is 162 Å². The van der Waals surface area contributed by atoms with E-state index in [1.807, 2.05) is 30.3 Å². The van der Waals surface area contributed by atoms with E-state index in [0.29, 0.717) is 15.0 Å². The first-order valence-electron chi connectivity index (χ1n) is 7.01. The van der Waals surface area contributed by atoms with E-state index in [4.69, 9.17) is 28.5 Å². The molecule has 128 valence electrons. The van der Waals surface area contributed by atoms with Crippen LogP contribution in [0.1, 0.15) is 10.4 Å². The third-order valence-electron chi connectivity index (χ3n) is 3.19. The van der Waals surface area contributed by atoms with Gasteiger partial charge in [0.1, 0.15) is 5.00 Å². The van der Waals surface area contributed by atoms with Crippen LogP contribution >= 0.6 is 46.5 Å². The van der Waals surface area contributed by atoms with Crippen LogP contribution in [0.4, 0.5) is 5.00 Å². The Morgan fingerprint density at radius 3 is 2.40 bits per heavy atom. The van der Waals surface area contributed by atoms with E-state index < -0.39 is 5.97 Å². The zero-order valence-corrected chi connectivity index (χ0v) is 15.7. The van der Waals surface area contributed by atoms with E-state index in [9.17, 15) is 4.79 Å².